The number of nitrogens with one attached hydrogen (secondary N) is 2. The van der Waals surface area contributed by atoms with E-state index in [1.165, 1.54) is 24.5 Å². The second-order valence-corrected chi connectivity index (χ2v) is 7.75. The number of aromatic amines is 1. The summed E-state index contributed by atoms with van der Waals surface area (Å²) in [6.45, 7) is 1.61. The predicted octanol–water partition coefficient (Wildman–Crippen LogP) is 3.51. The first-order chi connectivity index (χ1) is 15.2. The molecular weight excluding hydrogens is 423 g/mol. The standard InChI is InChI=1S/C22H18F3N5O2/c1-11(15-5-2-12(9-26)10-28-15)29-17(31)8-14-19(22(23,24)25)18-16(30-21(14)32)6-7-27-20(18)13-3-4-13/h2,5-7,10-11,13H,3-4,8H2,1H3,(H,29,31)(H,30,32)/t11-/m1/s1. The Morgan fingerprint density at radius 2 is 2.06 bits per heavy atom. The first-order valence-corrected chi connectivity index (χ1v) is 9.95. The smallest absolute Gasteiger partial charge is 0.348 e. The molecule has 0 radical (unpaired) electrons. The molecule has 0 bridgehead atoms. The van der Waals surface area contributed by atoms with Crippen LogP contribution in [0.1, 0.15) is 59.8 Å². The van der Waals surface area contributed by atoms with Gasteiger partial charge in [0.05, 0.1) is 40.5 Å². The lowest BCUT2D eigenvalue weighted by molar-refractivity contribution is -0.137. The van der Waals surface area contributed by atoms with Gasteiger partial charge in [0.25, 0.3) is 5.56 Å². The highest BCUT2D eigenvalue weighted by atomic mass is 19.4. The fourth-order valence-electron chi connectivity index (χ4n) is 3.71. The number of carbonyl (C=O) groups excluding carboxylic acids is 1. The Morgan fingerprint density at radius 1 is 1.31 bits per heavy atom. The number of hydrogen-bond donors (Lipinski definition) is 2. The molecular formula is C22H18F3N5O2. The number of rotatable bonds is 5. The third kappa shape index (κ3) is 4.19. The van der Waals surface area contributed by atoms with Gasteiger partial charge in [-0.05, 0) is 38.0 Å². The topological polar surface area (TPSA) is 112 Å². The Hall–Kier alpha value is -3.74. The highest BCUT2D eigenvalue weighted by molar-refractivity contribution is 5.88. The van der Waals surface area contributed by atoms with E-state index in [9.17, 15) is 22.8 Å². The average molecular weight is 441 g/mol. The summed E-state index contributed by atoms with van der Waals surface area (Å²) in [6.07, 6.45) is -1.42. The third-order valence-corrected chi connectivity index (χ3v) is 5.38. The van der Waals surface area contributed by atoms with Gasteiger partial charge in [0, 0.05) is 29.3 Å². The molecule has 0 spiro atoms. The van der Waals surface area contributed by atoms with Crippen LogP contribution in [-0.2, 0) is 17.4 Å². The molecule has 3 heterocycles. The molecule has 3 aromatic heterocycles. The Balaban J connectivity index is 1.70. The van der Waals surface area contributed by atoms with Crippen molar-refractivity contribution in [2.45, 2.75) is 44.3 Å². The van der Waals surface area contributed by atoms with Crippen molar-refractivity contribution in [2.75, 3.05) is 0 Å². The van der Waals surface area contributed by atoms with Crippen LogP contribution >= 0.6 is 0 Å². The lowest BCUT2D eigenvalue weighted by atomic mass is 9.97. The number of alkyl halides is 3. The molecule has 1 atom stereocenters. The molecule has 0 unspecified atom stereocenters. The molecule has 4 rings (SSSR count). The van der Waals surface area contributed by atoms with Crippen molar-refractivity contribution in [1.29, 1.82) is 5.26 Å². The summed E-state index contributed by atoms with van der Waals surface area (Å²) >= 11 is 0. The molecule has 7 nitrogen and oxygen atoms in total. The molecule has 1 saturated carbocycles. The minimum Gasteiger partial charge on any atom is -0.348 e. The maximum absolute atomic E-state index is 14.1. The summed E-state index contributed by atoms with van der Waals surface area (Å²) in [5.74, 6) is -0.842. The number of aromatic nitrogens is 3. The zero-order valence-corrected chi connectivity index (χ0v) is 17.0. The average Bonchev–Trinajstić information content (AvgIpc) is 3.58. The second kappa shape index (κ2) is 8.07. The van der Waals surface area contributed by atoms with Crippen molar-refractivity contribution in [2.24, 2.45) is 0 Å². The third-order valence-electron chi connectivity index (χ3n) is 5.38. The summed E-state index contributed by atoms with van der Waals surface area (Å²) in [5, 5.41) is 11.3. The highest BCUT2D eigenvalue weighted by Crippen LogP contribution is 2.45. The molecule has 0 aromatic carbocycles. The molecule has 2 N–H and O–H groups in total. The van der Waals surface area contributed by atoms with E-state index in [4.69, 9.17) is 5.26 Å². The number of fused-ring (bicyclic) bond motifs is 1. The normalized spacial score (nSPS) is 14.7. The fourth-order valence-corrected chi connectivity index (χ4v) is 3.71. The number of carbonyl (C=O) groups is 1. The lowest BCUT2D eigenvalue weighted by Gasteiger charge is -2.18. The monoisotopic (exact) mass is 441 g/mol. The van der Waals surface area contributed by atoms with Crippen LogP contribution in [0.4, 0.5) is 13.2 Å². The van der Waals surface area contributed by atoms with Crippen LogP contribution in [0.15, 0.2) is 35.4 Å². The highest BCUT2D eigenvalue weighted by Gasteiger charge is 2.40. The number of amides is 1. The van der Waals surface area contributed by atoms with E-state index >= 15 is 0 Å². The molecule has 32 heavy (non-hydrogen) atoms. The maximum atomic E-state index is 14.1. The van der Waals surface area contributed by atoms with E-state index in [2.05, 4.69) is 20.3 Å². The van der Waals surface area contributed by atoms with Crippen LogP contribution in [0.2, 0.25) is 0 Å². The lowest BCUT2D eigenvalue weighted by Crippen LogP contribution is -2.32. The largest absolute Gasteiger partial charge is 0.417 e. The molecule has 0 aliphatic heterocycles. The summed E-state index contributed by atoms with van der Waals surface area (Å²) in [7, 11) is 0. The van der Waals surface area contributed by atoms with Gasteiger partial charge in [-0.1, -0.05) is 0 Å². The Morgan fingerprint density at radius 3 is 2.66 bits per heavy atom. The van der Waals surface area contributed by atoms with Crippen molar-refractivity contribution in [1.82, 2.24) is 20.3 Å². The van der Waals surface area contributed by atoms with E-state index in [0.717, 1.165) is 12.8 Å². The first-order valence-electron chi connectivity index (χ1n) is 9.95. The van der Waals surface area contributed by atoms with Gasteiger partial charge < -0.3 is 10.3 Å². The number of hydrogen-bond acceptors (Lipinski definition) is 5. The first kappa shape index (κ1) is 21.5. The number of nitrogens with zero attached hydrogens (tertiary/aromatic N) is 3. The minimum atomic E-state index is -4.84. The van der Waals surface area contributed by atoms with Gasteiger partial charge >= 0.3 is 6.18 Å². The summed E-state index contributed by atoms with van der Waals surface area (Å²) in [5.41, 5.74) is -1.59. The van der Waals surface area contributed by atoms with Crippen LogP contribution in [0.25, 0.3) is 10.9 Å². The summed E-state index contributed by atoms with van der Waals surface area (Å²) in [6, 6.07) is 5.69. The van der Waals surface area contributed by atoms with E-state index in [-0.39, 0.29) is 16.8 Å². The minimum absolute atomic E-state index is 0.0542. The SMILES string of the molecule is C[C@@H](NC(=O)Cc1c(C(F)(F)F)c2c(C3CC3)nccc2[nH]c1=O)c1ccc(C#N)cn1. The zero-order valence-electron chi connectivity index (χ0n) is 17.0. The maximum Gasteiger partial charge on any atom is 0.417 e. The predicted molar refractivity (Wildman–Crippen MR) is 109 cm³/mol. The van der Waals surface area contributed by atoms with Crippen LogP contribution in [0.3, 0.4) is 0 Å². The van der Waals surface area contributed by atoms with E-state index in [1.54, 1.807) is 13.0 Å². The molecule has 164 valence electrons. The molecule has 1 fully saturated rings. The Kier molecular flexibility index (Phi) is 5.42. The Bertz CT molecular complexity index is 1290. The van der Waals surface area contributed by atoms with Crippen LogP contribution in [0, 0.1) is 11.3 Å². The summed E-state index contributed by atoms with van der Waals surface area (Å²) in [4.78, 5) is 35.8. The quantitative estimate of drug-likeness (QED) is 0.630. The molecule has 3 aromatic rings. The molecule has 1 aliphatic rings. The van der Waals surface area contributed by atoms with Crippen molar-refractivity contribution in [3.8, 4) is 6.07 Å². The van der Waals surface area contributed by atoms with Gasteiger partial charge in [0.15, 0.2) is 0 Å². The second-order valence-electron chi connectivity index (χ2n) is 7.75. The van der Waals surface area contributed by atoms with Crippen molar-refractivity contribution < 1.29 is 18.0 Å². The van der Waals surface area contributed by atoms with Gasteiger partial charge in [-0.25, -0.2) is 0 Å². The van der Waals surface area contributed by atoms with Crippen LogP contribution in [0.5, 0.6) is 0 Å². The number of nitriles is 1. The molecule has 10 heteroatoms. The van der Waals surface area contributed by atoms with Crippen molar-refractivity contribution in [3.05, 3.63) is 69.0 Å². The Labute approximate surface area is 180 Å². The van der Waals surface area contributed by atoms with Crippen molar-refractivity contribution in [3.63, 3.8) is 0 Å². The van der Waals surface area contributed by atoms with Gasteiger partial charge in [-0.15, -0.1) is 0 Å². The van der Waals surface area contributed by atoms with Crippen LogP contribution < -0.4 is 10.9 Å². The van der Waals surface area contributed by atoms with E-state index < -0.39 is 41.2 Å². The van der Waals surface area contributed by atoms with E-state index in [0.29, 0.717) is 17.0 Å². The van der Waals surface area contributed by atoms with Gasteiger partial charge in [-0.3, -0.25) is 19.6 Å². The van der Waals surface area contributed by atoms with E-state index in [1.807, 2.05) is 6.07 Å². The van der Waals surface area contributed by atoms with Crippen LogP contribution in [-0.4, -0.2) is 20.9 Å². The molecule has 0 saturated heterocycles. The number of pyridine rings is 3. The van der Waals surface area contributed by atoms with Gasteiger partial charge in [-0.2, -0.15) is 18.4 Å². The number of halogens is 3. The van der Waals surface area contributed by atoms with Crippen molar-refractivity contribution >= 4 is 16.8 Å². The zero-order chi connectivity index (χ0) is 23.0. The fraction of sp³-hybridized carbons (Fsp3) is 0.318. The summed E-state index contributed by atoms with van der Waals surface area (Å²) < 4.78 is 42.4. The molecule has 1 aliphatic carbocycles. The number of H-pyrrole nitrogens is 1. The molecule has 1 amide bonds. The van der Waals surface area contributed by atoms with Gasteiger partial charge in [0.1, 0.15) is 6.07 Å². The van der Waals surface area contributed by atoms with Gasteiger partial charge in [0.2, 0.25) is 5.91 Å².